The SMILES string of the molecule is CCc1ccc(NC(=S)Nc2c(C)nn(Cc3ccccc3F)c2C)cc1. The van der Waals surface area contributed by atoms with Crippen LogP contribution in [0.25, 0.3) is 0 Å². The second-order valence-electron chi connectivity index (χ2n) is 6.42. The minimum atomic E-state index is -0.229. The fraction of sp³-hybridized carbons (Fsp3) is 0.238. The van der Waals surface area contributed by atoms with Crippen LogP contribution in [0.2, 0.25) is 0 Å². The van der Waals surface area contributed by atoms with Crippen molar-refractivity contribution < 1.29 is 4.39 Å². The highest BCUT2D eigenvalue weighted by Gasteiger charge is 2.14. The smallest absolute Gasteiger partial charge is 0.175 e. The highest BCUT2D eigenvalue weighted by atomic mass is 32.1. The molecule has 4 nitrogen and oxygen atoms in total. The van der Waals surface area contributed by atoms with Gasteiger partial charge >= 0.3 is 0 Å². The molecule has 2 N–H and O–H groups in total. The molecule has 3 aromatic rings. The molecule has 2 aromatic carbocycles. The Kier molecular flexibility index (Phi) is 5.86. The molecule has 0 radical (unpaired) electrons. The van der Waals surface area contributed by atoms with Crippen molar-refractivity contribution in [3.05, 3.63) is 76.9 Å². The van der Waals surface area contributed by atoms with E-state index >= 15 is 0 Å². The summed E-state index contributed by atoms with van der Waals surface area (Å²) >= 11 is 5.44. The fourth-order valence-electron chi connectivity index (χ4n) is 2.92. The van der Waals surface area contributed by atoms with Gasteiger partial charge in [-0.1, -0.05) is 37.3 Å². The molecule has 0 atom stereocenters. The number of thiocarbonyl (C=S) groups is 1. The Morgan fingerprint density at radius 3 is 2.44 bits per heavy atom. The third-order valence-electron chi connectivity index (χ3n) is 4.52. The van der Waals surface area contributed by atoms with Crippen molar-refractivity contribution >= 4 is 28.7 Å². The predicted octanol–water partition coefficient (Wildman–Crippen LogP) is 5.06. The molecule has 0 spiro atoms. The first-order chi connectivity index (χ1) is 13.0. The Labute approximate surface area is 164 Å². The zero-order chi connectivity index (χ0) is 19.4. The van der Waals surface area contributed by atoms with E-state index in [9.17, 15) is 4.39 Å². The maximum Gasteiger partial charge on any atom is 0.175 e. The average molecular weight is 383 g/mol. The van der Waals surface area contributed by atoms with Crippen LogP contribution in [0.3, 0.4) is 0 Å². The number of nitrogens with zero attached hydrogens (tertiary/aromatic N) is 2. The molecule has 3 rings (SSSR count). The molecule has 140 valence electrons. The third-order valence-corrected chi connectivity index (χ3v) is 4.72. The monoisotopic (exact) mass is 382 g/mol. The van der Waals surface area contributed by atoms with Crippen LogP contribution in [-0.2, 0) is 13.0 Å². The van der Waals surface area contributed by atoms with Gasteiger partial charge in [0.2, 0.25) is 0 Å². The Balaban J connectivity index is 1.72. The number of aryl methyl sites for hydroxylation is 2. The second kappa shape index (κ2) is 8.31. The topological polar surface area (TPSA) is 41.9 Å². The van der Waals surface area contributed by atoms with Crippen molar-refractivity contribution in [1.29, 1.82) is 0 Å². The molecule has 0 aliphatic heterocycles. The first kappa shape index (κ1) is 19.0. The van der Waals surface area contributed by atoms with Crippen LogP contribution in [0.5, 0.6) is 0 Å². The van der Waals surface area contributed by atoms with E-state index in [4.69, 9.17) is 12.2 Å². The van der Waals surface area contributed by atoms with Crippen LogP contribution in [0, 0.1) is 19.7 Å². The van der Waals surface area contributed by atoms with Crippen molar-refractivity contribution in [2.24, 2.45) is 0 Å². The van der Waals surface area contributed by atoms with Gasteiger partial charge < -0.3 is 10.6 Å². The summed E-state index contributed by atoms with van der Waals surface area (Å²) in [4.78, 5) is 0. The summed E-state index contributed by atoms with van der Waals surface area (Å²) in [6.45, 7) is 6.35. The molecule has 1 heterocycles. The lowest BCUT2D eigenvalue weighted by atomic mass is 10.1. The first-order valence-electron chi connectivity index (χ1n) is 8.92. The summed E-state index contributed by atoms with van der Waals surface area (Å²) in [6.07, 6.45) is 1.00. The summed E-state index contributed by atoms with van der Waals surface area (Å²) in [7, 11) is 0. The number of anilines is 2. The Bertz CT molecular complexity index is 947. The van der Waals surface area contributed by atoms with Gasteiger partial charge in [0, 0.05) is 11.3 Å². The van der Waals surface area contributed by atoms with E-state index in [2.05, 4.69) is 34.8 Å². The van der Waals surface area contributed by atoms with Gasteiger partial charge in [0.15, 0.2) is 5.11 Å². The van der Waals surface area contributed by atoms with Crippen LogP contribution in [0.1, 0.15) is 29.4 Å². The summed E-state index contributed by atoms with van der Waals surface area (Å²) in [6, 6.07) is 14.9. The molecule has 27 heavy (non-hydrogen) atoms. The summed E-state index contributed by atoms with van der Waals surface area (Å²) in [5, 5.41) is 11.4. The number of rotatable bonds is 5. The van der Waals surface area contributed by atoms with Gasteiger partial charge in [-0.25, -0.2) is 4.39 Å². The van der Waals surface area contributed by atoms with Crippen molar-refractivity contribution in [1.82, 2.24) is 9.78 Å². The number of aromatic nitrogens is 2. The Morgan fingerprint density at radius 2 is 1.78 bits per heavy atom. The molecule has 0 fully saturated rings. The van der Waals surface area contributed by atoms with Crippen LogP contribution in [0.4, 0.5) is 15.8 Å². The summed E-state index contributed by atoms with van der Waals surface area (Å²) in [5.74, 6) is -0.229. The minimum Gasteiger partial charge on any atom is -0.332 e. The van der Waals surface area contributed by atoms with E-state index in [1.54, 1.807) is 16.8 Å². The van der Waals surface area contributed by atoms with Crippen molar-refractivity contribution in [3.8, 4) is 0 Å². The van der Waals surface area contributed by atoms with Gasteiger partial charge in [-0.05, 0) is 56.2 Å². The highest BCUT2D eigenvalue weighted by Crippen LogP contribution is 2.21. The lowest BCUT2D eigenvalue weighted by molar-refractivity contribution is 0.579. The van der Waals surface area contributed by atoms with Crippen molar-refractivity contribution in [3.63, 3.8) is 0 Å². The lowest BCUT2D eigenvalue weighted by Crippen LogP contribution is -2.20. The molecule has 0 saturated heterocycles. The van der Waals surface area contributed by atoms with Crippen molar-refractivity contribution in [2.45, 2.75) is 33.7 Å². The zero-order valence-electron chi connectivity index (χ0n) is 15.7. The van der Waals surface area contributed by atoms with E-state index in [-0.39, 0.29) is 5.82 Å². The largest absolute Gasteiger partial charge is 0.332 e. The van der Waals surface area contributed by atoms with Crippen LogP contribution in [0.15, 0.2) is 48.5 Å². The molecular weight excluding hydrogens is 359 g/mol. The number of hydrogen-bond acceptors (Lipinski definition) is 2. The fourth-order valence-corrected chi connectivity index (χ4v) is 3.14. The molecule has 1 aromatic heterocycles. The predicted molar refractivity (Wildman–Crippen MR) is 113 cm³/mol. The van der Waals surface area contributed by atoms with Gasteiger partial charge in [-0.2, -0.15) is 5.10 Å². The molecular formula is C21H23FN4S. The molecule has 6 heteroatoms. The van der Waals surface area contributed by atoms with E-state index in [0.717, 1.165) is 29.2 Å². The van der Waals surface area contributed by atoms with E-state index in [1.807, 2.05) is 32.0 Å². The number of nitrogens with one attached hydrogen (secondary N) is 2. The minimum absolute atomic E-state index is 0.229. The summed E-state index contributed by atoms with van der Waals surface area (Å²) in [5.41, 5.74) is 5.37. The third kappa shape index (κ3) is 4.52. The maximum atomic E-state index is 13.9. The van der Waals surface area contributed by atoms with Gasteiger partial charge in [-0.15, -0.1) is 0 Å². The number of benzene rings is 2. The van der Waals surface area contributed by atoms with Crippen LogP contribution >= 0.6 is 12.2 Å². The maximum absolute atomic E-state index is 13.9. The Morgan fingerprint density at radius 1 is 1.07 bits per heavy atom. The lowest BCUT2D eigenvalue weighted by Gasteiger charge is -2.12. The second-order valence-corrected chi connectivity index (χ2v) is 6.83. The van der Waals surface area contributed by atoms with E-state index in [0.29, 0.717) is 17.2 Å². The molecule has 0 aliphatic carbocycles. The van der Waals surface area contributed by atoms with Gasteiger partial charge in [0.05, 0.1) is 23.6 Å². The normalized spacial score (nSPS) is 10.7. The number of hydrogen-bond donors (Lipinski definition) is 2. The zero-order valence-corrected chi connectivity index (χ0v) is 16.5. The average Bonchev–Trinajstić information content (AvgIpc) is 2.91. The van der Waals surface area contributed by atoms with Crippen LogP contribution < -0.4 is 10.6 Å². The Hall–Kier alpha value is -2.73. The standard InChI is InChI=1S/C21H23FN4S/c1-4-16-9-11-18(12-10-16)23-21(27)24-20-14(2)25-26(15(20)3)13-17-7-5-6-8-19(17)22/h5-12H,4,13H2,1-3H3,(H2,23,24,27). The molecule has 0 aliphatic rings. The van der Waals surface area contributed by atoms with Gasteiger partial charge in [0.1, 0.15) is 5.82 Å². The first-order valence-corrected chi connectivity index (χ1v) is 9.33. The highest BCUT2D eigenvalue weighted by molar-refractivity contribution is 7.80. The van der Waals surface area contributed by atoms with Crippen LogP contribution in [-0.4, -0.2) is 14.9 Å². The summed E-state index contributed by atoms with van der Waals surface area (Å²) < 4.78 is 15.7. The van der Waals surface area contributed by atoms with Crippen molar-refractivity contribution in [2.75, 3.05) is 10.6 Å². The molecule has 0 unspecified atom stereocenters. The van der Waals surface area contributed by atoms with Gasteiger partial charge in [0.25, 0.3) is 0 Å². The number of halogens is 1. The van der Waals surface area contributed by atoms with E-state index < -0.39 is 0 Å². The van der Waals surface area contributed by atoms with E-state index in [1.165, 1.54) is 11.6 Å². The van der Waals surface area contributed by atoms with Gasteiger partial charge in [-0.3, -0.25) is 4.68 Å². The molecule has 0 saturated carbocycles. The quantitative estimate of drug-likeness (QED) is 0.606. The molecule has 0 bridgehead atoms. The molecule has 0 amide bonds.